The highest BCUT2D eigenvalue weighted by atomic mass is 16.5. The maximum Gasteiger partial charge on any atom is 0.338 e. The van der Waals surface area contributed by atoms with E-state index in [0.717, 1.165) is 22.9 Å². The Balaban J connectivity index is 1.72. The SMILES string of the molecule is COc1ccc2cc(C(=O)COC(=O)c3cc(O)c(O)c(O)c3)ccc2c1. The predicted octanol–water partition coefficient (Wildman–Crippen LogP) is 3.00. The highest BCUT2D eigenvalue weighted by Crippen LogP contribution is 2.35. The van der Waals surface area contributed by atoms with E-state index in [0.29, 0.717) is 11.3 Å². The van der Waals surface area contributed by atoms with Crippen LogP contribution in [-0.4, -0.2) is 40.8 Å². The van der Waals surface area contributed by atoms with Gasteiger partial charge in [-0.1, -0.05) is 18.2 Å². The van der Waals surface area contributed by atoms with Crippen molar-refractivity contribution >= 4 is 22.5 Å². The number of rotatable bonds is 5. The van der Waals surface area contributed by atoms with E-state index in [9.17, 15) is 24.9 Å². The van der Waals surface area contributed by atoms with Crippen molar-refractivity contribution < 1.29 is 34.4 Å². The van der Waals surface area contributed by atoms with Crippen LogP contribution in [-0.2, 0) is 4.74 Å². The van der Waals surface area contributed by atoms with Crippen molar-refractivity contribution in [2.75, 3.05) is 13.7 Å². The average molecular weight is 368 g/mol. The molecule has 0 spiro atoms. The fourth-order valence-electron chi connectivity index (χ4n) is 2.54. The minimum Gasteiger partial charge on any atom is -0.504 e. The minimum absolute atomic E-state index is 0.193. The molecule has 3 aromatic carbocycles. The number of carbonyl (C=O) groups excluding carboxylic acids is 2. The van der Waals surface area contributed by atoms with Crippen LogP contribution in [0.4, 0.5) is 0 Å². The van der Waals surface area contributed by atoms with Gasteiger partial charge in [-0.3, -0.25) is 4.79 Å². The number of ether oxygens (including phenoxy) is 2. The Hall–Kier alpha value is -3.74. The lowest BCUT2D eigenvalue weighted by atomic mass is 10.0. The maximum atomic E-state index is 12.3. The number of esters is 1. The van der Waals surface area contributed by atoms with Crippen LogP contribution in [0.3, 0.4) is 0 Å². The molecule has 0 amide bonds. The Morgan fingerprint density at radius 1 is 0.852 bits per heavy atom. The third kappa shape index (κ3) is 3.77. The monoisotopic (exact) mass is 368 g/mol. The zero-order chi connectivity index (χ0) is 19.6. The van der Waals surface area contributed by atoms with Gasteiger partial charge in [0.1, 0.15) is 5.75 Å². The maximum absolute atomic E-state index is 12.3. The second kappa shape index (κ2) is 7.25. The Labute approximate surface area is 154 Å². The number of fused-ring (bicyclic) bond motifs is 1. The molecule has 27 heavy (non-hydrogen) atoms. The summed E-state index contributed by atoms with van der Waals surface area (Å²) in [7, 11) is 1.57. The summed E-state index contributed by atoms with van der Waals surface area (Å²) in [6.45, 7) is -0.511. The number of hydrogen-bond acceptors (Lipinski definition) is 7. The van der Waals surface area contributed by atoms with E-state index in [2.05, 4.69) is 0 Å². The average Bonchev–Trinajstić information content (AvgIpc) is 2.68. The van der Waals surface area contributed by atoms with Crippen LogP contribution in [0.1, 0.15) is 20.7 Å². The summed E-state index contributed by atoms with van der Waals surface area (Å²) in [5, 5.41) is 29.9. The molecule has 3 N–H and O–H groups in total. The predicted molar refractivity (Wildman–Crippen MR) is 96.5 cm³/mol. The molecule has 7 heteroatoms. The van der Waals surface area contributed by atoms with Crippen molar-refractivity contribution in [1.82, 2.24) is 0 Å². The highest BCUT2D eigenvalue weighted by Gasteiger charge is 2.16. The molecule has 0 aliphatic carbocycles. The lowest BCUT2D eigenvalue weighted by Gasteiger charge is -2.08. The molecule has 7 nitrogen and oxygen atoms in total. The third-order valence-corrected chi connectivity index (χ3v) is 4.01. The van der Waals surface area contributed by atoms with Crippen molar-refractivity contribution in [2.24, 2.45) is 0 Å². The van der Waals surface area contributed by atoms with Gasteiger partial charge in [0.05, 0.1) is 12.7 Å². The van der Waals surface area contributed by atoms with E-state index >= 15 is 0 Å². The van der Waals surface area contributed by atoms with Crippen LogP contribution in [0, 0.1) is 0 Å². The first-order chi connectivity index (χ1) is 12.9. The molecule has 0 aliphatic rings. The zero-order valence-electron chi connectivity index (χ0n) is 14.3. The Morgan fingerprint density at radius 2 is 1.48 bits per heavy atom. The van der Waals surface area contributed by atoms with Gasteiger partial charge in [0.15, 0.2) is 29.6 Å². The quantitative estimate of drug-likeness (QED) is 0.360. The van der Waals surface area contributed by atoms with Crippen molar-refractivity contribution in [1.29, 1.82) is 0 Å². The molecule has 0 atom stereocenters. The second-order valence-electron chi connectivity index (χ2n) is 5.79. The van der Waals surface area contributed by atoms with Crippen molar-refractivity contribution in [2.45, 2.75) is 0 Å². The van der Waals surface area contributed by atoms with Gasteiger partial charge in [0, 0.05) is 5.56 Å². The van der Waals surface area contributed by atoms with Crippen molar-refractivity contribution in [3.05, 3.63) is 59.7 Å². The van der Waals surface area contributed by atoms with Crippen molar-refractivity contribution in [3.8, 4) is 23.0 Å². The van der Waals surface area contributed by atoms with Gasteiger partial charge in [0.2, 0.25) is 0 Å². The van der Waals surface area contributed by atoms with Crippen LogP contribution in [0.25, 0.3) is 10.8 Å². The van der Waals surface area contributed by atoms with E-state index in [1.807, 2.05) is 12.1 Å². The van der Waals surface area contributed by atoms with Crippen LogP contribution >= 0.6 is 0 Å². The van der Waals surface area contributed by atoms with Crippen LogP contribution < -0.4 is 4.74 Å². The largest absolute Gasteiger partial charge is 0.504 e. The fourth-order valence-corrected chi connectivity index (χ4v) is 2.54. The molecule has 3 aromatic rings. The number of aromatic hydroxyl groups is 3. The third-order valence-electron chi connectivity index (χ3n) is 4.01. The number of ketones is 1. The second-order valence-corrected chi connectivity index (χ2v) is 5.79. The van der Waals surface area contributed by atoms with Gasteiger partial charge in [-0.05, 0) is 41.1 Å². The zero-order valence-corrected chi connectivity index (χ0v) is 14.3. The summed E-state index contributed by atoms with van der Waals surface area (Å²) in [6.07, 6.45) is 0. The summed E-state index contributed by atoms with van der Waals surface area (Å²) in [4.78, 5) is 24.3. The molecule has 0 saturated heterocycles. The molecule has 0 unspecified atom stereocenters. The topological polar surface area (TPSA) is 113 Å². The first-order valence-electron chi connectivity index (χ1n) is 7.92. The summed E-state index contributed by atoms with van der Waals surface area (Å²) in [6, 6.07) is 12.4. The van der Waals surface area contributed by atoms with E-state index in [1.165, 1.54) is 0 Å². The van der Waals surface area contributed by atoms with Gasteiger partial charge in [-0.15, -0.1) is 0 Å². The normalized spacial score (nSPS) is 10.6. The number of phenolic OH excluding ortho intramolecular Hbond substituents is 3. The molecule has 0 radical (unpaired) electrons. The van der Waals surface area contributed by atoms with Gasteiger partial charge in [0.25, 0.3) is 0 Å². The van der Waals surface area contributed by atoms with Crippen LogP contribution in [0.2, 0.25) is 0 Å². The molecule has 138 valence electrons. The lowest BCUT2D eigenvalue weighted by molar-refractivity contribution is 0.0474. The summed E-state index contributed by atoms with van der Waals surface area (Å²) in [5.41, 5.74) is 0.179. The summed E-state index contributed by atoms with van der Waals surface area (Å²) >= 11 is 0. The molecule has 0 aromatic heterocycles. The minimum atomic E-state index is -0.917. The molecule has 0 fully saturated rings. The fraction of sp³-hybridized carbons (Fsp3) is 0.100. The van der Waals surface area contributed by atoms with E-state index in [1.54, 1.807) is 31.4 Å². The van der Waals surface area contributed by atoms with Crippen LogP contribution in [0.15, 0.2) is 48.5 Å². The smallest absolute Gasteiger partial charge is 0.338 e. The van der Waals surface area contributed by atoms with Crippen LogP contribution in [0.5, 0.6) is 23.0 Å². The Bertz CT molecular complexity index is 1020. The first-order valence-corrected chi connectivity index (χ1v) is 7.92. The van der Waals surface area contributed by atoms with Gasteiger partial charge >= 0.3 is 5.97 Å². The van der Waals surface area contributed by atoms with Crippen molar-refractivity contribution in [3.63, 3.8) is 0 Å². The number of Topliss-reactive ketones (excluding diaryl/α,β-unsaturated/α-hetero) is 1. The first kappa shape index (κ1) is 18.1. The van der Waals surface area contributed by atoms with E-state index < -0.39 is 35.6 Å². The van der Waals surface area contributed by atoms with E-state index in [4.69, 9.17) is 9.47 Å². The van der Waals surface area contributed by atoms with E-state index in [-0.39, 0.29) is 5.56 Å². The number of methoxy groups -OCH3 is 1. The molecular formula is C20H16O7. The van der Waals surface area contributed by atoms with Gasteiger partial charge < -0.3 is 24.8 Å². The standard InChI is InChI=1S/C20H16O7/c1-26-15-5-4-11-6-13(3-2-12(11)7-15)18(23)10-27-20(25)14-8-16(21)19(24)17(22)9-14/h2-9,21-22,24H,10H2,1H3. The Morgan fingerprint density at radius 3 is 2.15 bits per heavy atom. The Kier molecular flexibility index (Phi) is 4.85. The number of phenols is 3. The molecule has 0 aliphatic heterocycles. The number of hydrogen-bond donors (Lipinski definition) is 3. The highest BCUT2D eigenvalue weighted by molar-refractivity contribution is 6.02. The van der Waals surface area contributed by atoms with Gasteiger partial charge in [-0.25, -0.2) is 4.79 Å². The number of carbonyl (C=O) groups is 2. The summed E-state index contributed by atoms with van der Waals surface area (Å²) in [5.74, 6) is -2.70. The molecule has 0 bridgehead atoms. The summed E-state index contributed by atoms with van der Waals surface area (Å²) < 4.78 is 10.1. The number of benzene rings is 3. The molecule has 3 rings (SSSR count). The molecule has 0 heterocycles. The van der Waals surface area contributed by atoms with Gasteiger partial charge in [-0.2, -0.15) is 0 Å². The molecule has 0 saturated carbocycles. The lowest BCUT2D eigenvalue weighted by Crippen LogP contribution is -2.14. The molecular weight excluding hydrogens is 352 g/mol.